The minimum absolute atomic E-state index is 0.145. The number of carbonyl (C=O) groups excluding carboxylic acids is 1. The third-order valence-electron chi connectivity index (χ3n) is 5.41. The Bertz CT molecular complexity index is 1210. The molecule has 7 heteroatoms. The predicted molar refractivity (Wildman–Crippen MR) is 116 cm³/mol. The van der Waals surface area contributed by atoms with E-state index >= 15 is 0 Å². The van der Waals surface area contributed by atoms with Gasteiger partial charge in [0.2, 0.25) is 0 Å². The number of nitrogens with one attached hydrogen (secondary N) is 2. The summed E-state index contributed by atoms with van der Waals surface area (Å²) in [5.41, 5.74) is 9.77. The quantitative estimate of drug-likeness (QED) is 0.484. The summed E-state index contributed by atoms with van der Waals surface area (Å²) in [5, 5.41) is 4.69. The van der Waals surface area contributed by atoms with Gasteiger partial charge in [-0.1, -0.05) is 42.5 Å². The van der Waals surface area contributed by atoms with E-state index in [1.54, 1.807) is 24.5 Å². The molecule has 1 unspecified atom stereocenters. The van der Waals surface area contributed by atoms with Crippen molar-refractivity contribution in [3.63, 3.8) is 0 Å². The monoisotopic (exact) mass is 413 g/mol. The van der Waals surface area contributed by atoms with Gasteiger partial charge in [-0.15, -0.1) is 0 Å². The van der Waals surface area contributed by atoms with Crippen LogP contribution < -0.4 is 10.9 Å². The molecule has 2 N–H and O–H groups in total. The molecule has 0 bridgehead atoms. The topological polar surface area (TPSA) is 71.8 Å². The number of nitrogens with zero attached hydrogens (tertiary/aromatic N) is 3. The molecule has 154 valence electrons. The van der Waals surface area contributed by atoms with E-state index in [1.807, 2.05) is 47.1 Å². The molecule has 0 saturated carbocycles. The summed E-state index contributed by atoms with van der Waals surface area (Å²) in [7, 11) is 0. The average molecular weight is 413 g/mol. The first-order chi connectivity index (χ1) is 15.2. The first-order valence-corrected chi connectivity index (χ1v) is 10.1. The molecule has 6 nitrogen and oxygen atoms in total. The van der Waals surface area contributed by atoms with Crippen molar-refractivity contribution in [1.29, 1.82) is 0 Å². The fraction of sp³-hybridized carbons (Fsp3) is 0.125. The van der Waals surface area contributed by atoms with Gasteiger partial charge in [0.05, 0.1) is 18.0 Å². The lowest BCUT2D eigenvalue weighted by Crippen LogP contribution is -2.33. The maximum absolute atomic E-state index is 14.0. The van der Waals surface area contributed by atoms with Crippen LogP contribution in [0.5, 0.6) is 0 Å². The molecule has 3 heterocycles. The summed E-state index contributed by atoms with van der Waals surface area (Å²) < 4.78 is 15.4. The number of hydrogen-bond acceptors (Lipinski definition) is 5. The van der Waals surface area contributed by atoms with Crippen LogP contribution in [0.3, 0.4) is 0 Å². The Morgan fingerprint density at radius 3 is 2.42 bits per heavy atom. The van der Waals surface area contributed by atoms with E-state index in [2.05, 4.69) is 20.9 Å². The van der Waals surface area contributed by atoms with E-state index in [9.17, 15) is 9.18 Å². The van der Waals surface area contributed by atoms with Gasteiger partial charge in [0, 0.05) is 18.9 Å². The minimum atomic E-state index is -0.604. The van der Waals surface area contributed by atoms with Gasteiger partial charge in [0.15, 0.2) is 5.78 Å². The first-order valence-electron chi connectivity index (χ1n) is 10.1. The Morgan fingerprint density at radius 2 is 1.68 bits per heavy atom. The largest absolute Gasteiger partial charge is 0.305 e. The number of fused-ring (bicyclic) bond motifs is 1. The van der Waals surface area contributed by atoms with Crippen LogP contribution in [0.25, 0.3) is 11.1 Å². The number of aromatic nitrogens is 3. The normalized spacial score (nSPS) is 13.8. The van der Waals surface area contributed by atoms with Crippen LogP contribution in [0, 0.1) is 5.82 Å². The van der Waals surface area contributed by atoms with Gasteiger partial charge in [-0.25, -0.2) is 14.5 Å². The van der Waals surface area contributed by atoms with E-state index in [4.69, 9.17) is 0 Å². The third-order valence-corrected chi connectivity index (χ3v) is 5.41. The number of halogens is 1. The standard InChI is InChI=1S/C24H20FN5O/c25-19-8-6-17(7-9-19)20(16-4-2-1-3-5-16)23(31)22-21(18-10-12-26-13-11-18)24-28-27-14-15-30(24)29-22/h1-13,20,27-28H,14-15H2. The van der Waals surface area contributed by atoms with Crippen LogP contribution in [-0.4, -0.2) is 27.1 Å². The molecule has 0 saturated heterocycles. The summed E-state index contributed by atoms with van der Waals surface area (Å²) >= 11 is 0. The molecule has 1 aliphatic rings. The van der Waals surface area contributed by atoms with Gasteiger partial charge in [0.1, 0.15) is 17.3 Å². The van der Waals surface area contributed by atoms with Gasteiger partial charge < -0.3 is 5.43 Å². The number of Topliss-reactive ketones (excluding diaryl/α,β-unsaturated/α-hetero) is 1. The molecule has 2 aromatic carbocycles. The second-order valence-electron chi connectivity index (χ2n) is 7.34. The Labute approximate surface area is 178 Å². The van der Waals surface area contributed by atoms with E-state index in [-0.39, 0.29) is 11.6 Å². The summed E-state index contributed by atoms with van der Waals surface area (Å²) in [5.74, 6) is -0.347. The summed E-state index contributed by atoms with van der Waals surface area (Å²) in [6.07, 6.45) is 3.39. The fourth-order valence-electron chi connectivity index (χ4n) is 3.96. The van der Waals surface area contributed by atoms with Crippen LogP contribution in [0.15, 0.2) is 79.1 Å². The van der Waals surface area contributed by atoms with Gasteiger partial charge in [-0.05, 0) is 41.0 Å². The molecule has 0 radical (unpaired) electrons. The van der Waals surface area contributed by atoms with Crippen LogP contribution in [0.2, 0.25) is 0 Å². The molecule has 0 amide bonds. The number of benzene rings is 2. The third kappa shape index (κ3) is 3.60. The van der Waals surface area contributed by atoms with Crippen molar-refractivity contribution in [3.8, 4) is 11.1 Å². The van der Waals surface area contributed by atoms with Crippen molar-refractivity contribution in [3.05, 3.63) is 102 Å². The Morgan fingerprint density at radius 1 is 0.968 bits per heavy atom. The van der Waals surface area contributed by atoms with Gasteiger partial charge in [-0.2, -0.15) is 5.10 Å². The number of hydrogen-bond donors (Lipinski definition) is 2. The second-order valence-corrected chi connectivity index (χ2v) is 7.34. The molecule has 0 spiro atoms. The van der Waals surface area contributed by atoms with Crippen molar-refractivity contribution in [2.24, 2.45) is 0 Å². The zero-order chi connectivity index (χ0) is 21.2. The number of pyridine rings is 1. The fourth-order valence-corrected chi connectivity index (χ4v) is 3.96. The van der Waals surface area contributed by atoms with Crippen LogP contribution in [0.4, 0.5) is 10.2 Å². The van der Waals surface area contributed by atoms with Crippen molar-refractivity contribution >= 4 is 11.6 Å². The molecule has 1 aliphatic heterocycles. The zero-order valence-electron chi connectivity index (χ0n) is 16.6. The van der Waals surface area contributed by atoms with Crippen LogP contribution >= 0.6 is 0 Å². The molecule has 0 fully saturated rings. The predicted octanol–water partition coefficient (Wildman–Crippen LogP) is 4.03. The summed E-state index contributed by atoms with van der Waals surface area (Å²) in [6.45, 7) is 1.33. The smallest absolute Gasteiger partial charge is 0.195 e. The summed E-state index contributed by atoms with van der Waals surface area (Å²) in [6, 6.07) is 19.3. The highest BCUT2D eigenvalue weighted by molar-refractivity contribution is 6.08. The molecule has 5 rings (SSSR count). The lowest BCUT2D eigenvalue weighted by atomic mass is 9.85. The van der Waals surface area contributed by atoms with Crippen molar-refractivity contribution in [1.82, 2.24) is 20.2 Å². The lowest BCUT2D eigenvalue weighted by molar-refractivity contribution is 0.0968. The number of hydrazine groups is 1. The van der Waals surface area contributed by atoms with Gasteiger partial charge in [0.25, 0.3) is 0 Å². The van der Waals surface area contributed by atoms with Crippen molar-refractivity contribution in [2.75, 3.05) is 12.0 Å². The Hall–Kier alpha value is -3.84. The molecule has 31 heavy (non-hydrogen) atoms. The molecule has 0 aliphatic carbocycles. The molecule has 4 aromatic rings. The van der Waals surface area contributed by atoms with E-state index < -0.39 is 5.92 Å². The van der Waals surface area contributed by atoms with Gasteiger partial charge >= 0.3 is 0 Å². The van der Waals surface area contributed by atoms with Crippen molar-refractivity contribution < 1.29 is 9.18 Å². The highest BCUT2D eigenvalue weighted by Crippen LogP contribution is 2.37. The van der Waals surface area contributed by atoms with Crippen molar-refractivity contribution in [2.45, 2.75) is 12.5 Å². The zero-order valence-corrected chi connectivity index (χ0v) is 16.6. The van der Waals surface area contributed by atoms with Gasteiger partial charge in [-0.3, -0.25) is 9.78 Å². The highest BCUT2D eigenvalue weighted by Gasteiger charge is 2.32. The lowest BCUT2D eigenvalue weighted by Gasteiger charge is -2.18. The molecular weight excluding hydrogens is 393 g/mol. The SMILES string of the molecule is O=C(c1nn2c(c1-c1ccncc1)NNCC2)C(c1ccccc1)c1ccc(F)cc1. The molecule has 1 atom stereocenters. The number of rotatable bonds is 5. The first kappa shape index (κ1) is 19.1. The minimum Gasteiger partial charge on any atom is -0.305 e. The Kier molecular flexibility index (Phi) is 5.01. The van der Waals surface area contributed by atoms with Crippen LogP contribution in [-0.2, 0) is 6.54 Å². The number of ketones is 1. The highest BCUT2D eigenvalue weighted by atomic mass is 19.1. The van der Waals surface area contributed by atoms with Crippen LogP contribution in [0.1, 0.15) is 27.5 Å². The number of anilines is 1. The second kappa shape index (κ2) is 8.12. The van der Waals surface area contributed by atoms with E-state index in [0.29, 0.717) is 18.8 Å². The maximum Gasteiger partial charge on any atom is 0.195 e. The molecule has 2 aromatic heterocycles. The summed E-state index contributed by atoms with van der Waals surface area (Å²) in [4.78, 5) is 18.1. The Balaban J connectivity index is 1.68. The molecular formula is C24H20FN5O. The number of carbonyl (C=O) groups is 1. The average Bonchev–Trinajstić information content (AvgIpc) is 3.21. The van der Waals surface area contributed by atoms with E-state index in [0.717, 1.165) is 28.1 Å². The van der Waals surface area contributed by atoms with E-state index in [1.165, 1.54) is 12.1 Å². The maximum atomic E-state index is 14.0.